The second-order valence-corrected chi connectivity index (χ2v) is 34.9. The molecule has 6 aromatic heterocycles. The van der Waals surface area contributed by atoms with Gasteiger partial charge >= 0.3 is 0 Å². The highest BCUT2D eigenvalue weighted by Crippen LogP contribution is 2.49. The first-order valence-corrected chi connectivity index (χ1v) is 46.5. The van der Waals surface area contributed by atoms with Crippen LogP contribution in [0.3, 0.4) is 0 Å². The average Bonchev–Trinajstić information content (AvgIpc) is 1.56. The van der Waals surface area contributed by atoms with E-state index in [1.165, 1.54) is 10.8 Å². The number of benzene rings is 19. The summed E-state index contributed by atoms with van der Waals surface area (Å²) in [5.74, 6) is 1.28. The van der Waals surface area contributed by atoms with Crippen molar-refractivity contribution < 1.29 is 0 Å². The first-order valence-electron chi connectivity index (χ1n) is 46.5. The summed E-state index contributed by atoms with van der Waals surface area (Å²) < 4.78 is 9.45. The molecule has 142 heavy (non-hydrogen) atoms. The molecule has 0 aliphatic rings. The summed E-state index contributed by atoms with van der Waals surface area (Å²) in [6.45, 7) is 23.5. The van der Waals surface area contributed by atoms with Gasteiger partial charge in [-0.2, -0.15) is 15.8 Å². The Bertz CT molecular complexity index is 9380. The van der Waals surface area contributed by atoms with E-state index in [9.17, 15) is 15.8 Å². The highest BCUT2D eigenvalue weighted by atomic mass is 15.0. The molecular weight excluding hydrogens is 1730 g/mol. The van der Waals surface area contributed by atoms with Crippen molar-refractivity contribution in [3.05, 3.63) is 500 Å². The lowest BCUT2D eigenvalue weighted by Gasteiger charge is -2.20. The van der Waals surface area contributed by atoms with Gasteiger partial charge in [0, 0.05) is 115 Å². The Labute approximate surface area is 817 Å². The summed E-state index contributed by atoms with van der Waals surface area (Å²) in [4.78, 5) is 32.0. The second kappa shape index (κ2) is 35.7. The molecule has 14 nitrogen and oxygen atoms in total. The summed E-state index contributed by atoms with van der Waals surface area (Å²) in [7, 11) is 0. The first-order chi connectivity index (χ1) is 70.1. The molecule has 0 saturated heterocycles. The molecule has 0 aliphatic carbocycles. The summed E-state index contributed by atoms with van der Waals surface area (Å²) in [6, 6.07) is 160. The van der Waals surface area contributed by atoms with Gasteiger partial charge in [-0.15, -0.1) is 0 Å². The number of nitriles is 3. The smallest absolute Gasteiger partial charge is 0.196 e. The zero-order valence-corrected chi connectivity index (χ0v) is 76.0. The van der Waals surface area contributed by atoms with E-state index in [1.54, 1.807) is 30.3 Å². The fraction of sp³-hybridized carbons (Fsp3) is 0. The normalized spacial score (nSPS) is 11.2. The Hall–Kier alpha value is -20.5. The minimum Gasteiger partial charge on any atom is -0.309 e. The molecule has 25 rings (SSSR count). The molecule has 656 valence electrons. The molecule has 0 saturated carbocycles. The van der Waals surface area contributed by atoms with Crippen molar-refractivity contribution in [3.63, 3.8) is 0 Å². The van der Waals surface area contributed by atoms with Gasteiger partial charge in [-0.25, -0.2) is 34.5 Å². The van der Waals surface area contributed by atoms with Crippen molar-refractivity contribution in [2.75, 3.05) is 0 Å². The molecule has 0 amide bonds. The van der Waals surface area contributed by atoms with Crippen LogP contribution in [0.5, 0.6) is 0 Å². The van der Waals surface area contributed by atoms with E-state index in [4.69, 9.17) is 39.7 Å². The monoisotopic (exact) mass is 1810 g/mol. The van der Waals surface area contributed by atoms with Gasteiger partial charge in [-0.3, -0.25) is 0 Å². The molecule has 0 spiro atoms. The quantitative estimate of drug-likeness (QED) is 0.0925. The SMILES string of the molecule is [C-]#[N+]c1cc(C#N)cc(-c2ccc3c(c2)c2ccccc2n3-c2ccc(-c3cc(-c4ccccc4)nc(-c4ccccc4)n3)cc2-c2ccccc2-n2c3ccccc3c3ccccc32)c1.[C-]#[N+]c1ccc(-c2ccc3c(c2)c2cc(-c4ccc(C#N)cc4[N+]#[C-])ccc2n3-c2ccc(-c3cc(-c4ccccc4)nc(-c4ccccc4)n3)cc2-c2ccccc2-n2c3ccccc3c3ccccc32)c(C#N)c1. The third-order valence-electron chi connectivity index (χ3n) is 26.8. The van der Waals surface area contributed by atoms with Gasteiger partial charge < -0.3 is 18.3 Å². The molecule has 25 aromatic rings. The van der Waals surface area contributed by atoms with E-state index in [-0.39, 0.29) is 0 Å². The van der Waals surface area contributed by atoms with Gasteiger partial charge in [0.2, 0.25) is 0 Å². The zero-order valence-electron chi connectivity index (χ0n) is 76.0. The number of aromatic nitrogens is 8. The van der Waals surface area contributed by atoms with Crippen LogP contribution in [0.25, 0.3) is 248 Å². The van der Waals surface area contributed by atoms with E-state index in [0.29, 0.717) is 51.0 Å². The van der Waals surface area contributed by atoms with Crippen molar-refractivity contribution in [1.82, 2.24) is 38.2 Å². The molecule has 6 heterocycles. The topological polar surface area (TPSA) is 156 Å². The third kappa shape index (κ3) is 14.9. The molecule has 0 bridgehead atoms. The lowest BCUT2D eigenvalue weighted by molar-refractivity contribution is 1.16. The largest absolute Gasteiger partial charge is 0.309 e. The minimum atomic E-state index is 0.386. The molecule has 0 unspecified atom stereocenters. The van der Waals surface area contributed by atoms with Crippen molar-refractivity contribution >= 4 is 104 Å². The lowest BCUT2D eigenvalue weighted by Crippen LogP contribution is -2.02. The molecule has 14 heteroatoms. The standard InChI is InChI=1S/C68H38N8.C60H36N6/c1-71-50-29-31-51(49(36-50)42-70)46-26-32-66-57(37-46)58-38-47(52-30-25-43(41-69)35-61(52)72-2)27-33-67(58)76(66)65-34-28-48(60-40-59(44-15-5-3-6-16-44)73-68(74-60)45-17-7-4-8-18-45)39-56(65)55-21-11-14-24-64(55)75-62-22-12-9-19-53(62)54-20-10-13-23-63(54)75;1-62-45-33-39(38-61)32-44(34-45)42-28-30-58-50(35-42)48-22-10-15-27-57(48)66(58)59-31-29-43(53-37-52(40-16-4-2-5-17-40)63-60(64-53)41-18-6-3-7-19-41)36-51(59)49-23-11-14-26-56(49)65-54-24-12-8-20-46(54)47-21-9-13-25-55(47)65/h3-40H;2-37H. The number of rotatable bonds is 15. The maximum absolute atomic E-state index is 10.4. The maximum Gasteiger partial charge on any atom is 0.196 e. The van der Waals surface area contributed by atoms with Crippen LogP contribution < -0.4 is 0 Å². The van der Waals surface area contributed by atoms with Crippen LogP contribution in [0, 0.1) is 53.7 Å². The number of nitrogens with zero attached hydrogens (tertiary/aromatic N) is 14. The third-order valence-corrected chi connectivity index (χ3v) is 26.8. The first kappa shape index (κ1) is 84.5. The lowest BCUT2D eigenvalue weighted by atomic mass is 9.96. The zero-order chi connectivity index (χ0) is 95.4. The van der Waals surface area contributed by atoms with Crippen LogP contribution in [0.2, 0.25) is 0 Å². The van der Waals surface area contributed by atoms with Crippen LogP contribution >= 0.6 is 0 Å². The molecule has 0 fully saturated rings. The Morgan fingerprint density at radius 1 is 0.197 bits per heavy atom. The van der Waals surface area contributed by atoms with E-state index in [2.05, 4.69) is 348 Å². The number of para-hydroxylation sites is 7. The van der Waals surface area contributed by atoms with Crippen LogP contribution in [-0.4, -0.2) is 38.2 Å². The second-order valence-electron chi connectivity index (χ2n) is 34.9. The van der Waals surface area contributed by atoms with Crippen molar-refractivity contribution in [3.8, 4) is 164 Å². The van der Waals surface area contributed by atoms with Gasteiger partial charge in [0.25, 0.3) is 0 Å². The number of hydrogen-bond donors (Lipinski definition) is 0. The number of fused-ring (bicyclic) bond motifs is 12. The maximum atomic E-state index is 10.4. The van der Waals surface area contributed by atoms with Crippen LogP contribution in [0.15, 0.2) is 449 Å². The van der Waals surface area contributed by atoms with Crippen molar-refractivity contribution in [2.24, 2.45) is 0 Å². The Morgan fingerprint density at radius 2 is 0.542 bits per heavy atom. The highest BCUT2D eigenvalue weighted by Gasteiger charge is 2.28. The minimum absolute atomic E-state index is 0.386. The molecule has 19 aromatic carbocycles. The number of hydrogen-bond acceptors (Lipinski definition) is 7. The molecular formula is C128H74N14. The Morgan fingerprint density at radius 3 is 0.965 bits per heavy atom. The molecule has 0 radical (unpaired) electrons. The molecule has 0 aliphatic heterocycles. The molecule has 0 N–H and O–H groups in total. The van der Waals surface area contributed by atoms with Gasteiger partial charge in [0.05, 0.1) is 128 Å². The highest BCUT2D eigenvalue weighted by molar-refractivity contribution is 6.16. The van der Waals surface area contributed by atoms with Crippen LogP contribution in [0.4, 0.5) is 17.1 Å². The summed E-state index contributed by atoms with van der Waals surface area (Å²) in [6.07, 6.45) is 0. The predicted octanol–water partition coefficient (Wildman–Crippen LogP) is 32.9. The van der Waals surface area contributed by atoms with Crippen LogP contribution in [0.1, 0.15) is 16.7 Å². The van der Waals surface area contributed by atoms with Crippen molar-refractivity contribution in [1.29, 1.82) is 15.8 Å². The molecule has 0 atom stereocenters. The van der Waals surface area contributed by atoms with Crippen LogP contribution in [-0.2, 0) is 0 Å². The average molecular weight is 1810 g/mol. The van der Waals surface area contributed by atoms with Gasteiger partial charge in [0.15, 0.2) is 28.7 Å². The fourth-order valence-corrected chi connectivity index (χ4v) is 20.3. The predicted molar refractivity (Wildman–Crippen MR) is 574 cm³/mol. The van der Waals surface area contributed by atoms with Gasteiger partial charge in [-0.05, 0) is 185 Å². The summed E-state index contributed by atoms with van der Waals surface area (Å²) in [5, 5.41) is 38.7. The van der Waals surface area contributed by atoms with Gasteiger partial charge in [0.1, 0.15) is 0 Å². The van der Waals surface area contributed by atoms with Crippen molar-refractivity contribution in [2.45, 2.75) is 0 Å². The summed E-state index contributed by atoms with van der Waals surface area (Å²) >= 11 is 0. The Kier molecular flexibility index (Phi) is 21.2. The van der Waals surface area contributed by atoms with Gasteiger partial charge in [-0.1, -0.05) is 297 Å². The summed E-state index contributed by atoms with van der Waals surface area (Å²) in [5.41, 5.74) is 32.7. The van der Waals surface area contributed by atoms with E-state index in [1.807, 2.05) is 121 Å². The van der Waals surface area contributed by atoms with E-state index < -0.39 is 0 Å². The Balaban J connectivity index is 0.000000155. The fourth-order valence-electron chi connectivity index (χ4n) is 20.3. The van der Waals surface area contributed by atoms with E-state index in [0.717, 1.165) is 205 Å². The van der Waals surface area contributed by atoms with E-state index >= 15 is 0 Å².